The van der Waals surface area contributed by atoms with E-state index in [0.29, 0.717) is 29.4 Å². The number of benzene rings is 3. The number of hydrogen-bond acceptors (Lipinski definition) is 4. The van der Waals surface area contributed by atoms with Gasteiger partial charge in [0, 0.05) is 40.2 Å². The van der Waals surface area contributed by atoms with E-state index in [2.05, 4.69) is 5.32 Å². The Bertz CT molecular complexity index is 1140. The van der Waals surface area contributed by atoms with Gasteiger partial charge in [0.2, 0.25) is 5.91 Å². The minimum Gasteiger partial charge on any atom is -0.351 e. The maximum Gasteiger partial charge on any atom is 0.251 e. The highest BCUT2D eigenvalue weighted by Gasteiger charge is 2.32. The highest BCUT2D eigenvalue weighted by atomic mass is 35.5. The zero-order valence-electron chi connectivity index (χ0n) is 18.4. The zero-order chi connectivity index (χ0) is 23.9. The second-order valence-corrected chi connectivity index (χ2v) is 10.9. The van der Waals surface area contributed by atoms with Crippen LogP contribution in [0.5, 0.6) is 0 Å². The van der Waals surface area contributed by atoms with E-state index in [1.807, 2.05) is 77.7 Å². The van der Waals surface area contributed by atoms with Crippen molar-refractivity contribution >= 4 is 58.5 Å². The van der Waals surface area contributed by atoms with Gasteiger partial charge in [0.1, 0.15) is 5.37 Å². The molecule has 0 unspecified atom stereocenters. The normalized spacial score (nSPS) is 15.5. The van der Waals surface area contributed by atoms with Crippen LogP contribution in [0.15, 0.2) is 72.8 Å². The lowest BCUT2D eigenvalue weighted by Gasteiger charge is -2.24. The maximum absolute atomic E-state index is 12.5. The van der Waals surface area contributed by atoms with Gasteiger partial charge in [-0.1, -0.05) is 65.7 Å². The fraction of sp³-hybridized carbons (Fsp3) is 0.231. The van der Waals surface area contributed by atoms with Crippen molar-refractivity contribution in [1.29, 1.82) is 0 Å². The molecule has 1 atom stereocenters. The van der Waals surface area contributed by atoms with Crippen LogP contribution in [0.1, 0.15) is 32.4 Å². The van der Waals surface area contributed by atoms with E-state index in [1.165, 1.54) is 0 Å². The van der Waals surface area contributed by atoms with Gasteiger partial charge in [-0.15, -0.1) is 11.8 Å². The van der Waals surface area contributed by atoms with Crippen LogP contribution < -0.4 is 5.32 Å². The van der Waals surface area contributed by atoms with Crippen molar-refractivity contribution in [2.24, 2.45) is 0 Å². The fourth-order valence-corrected chi connectivity index (χ4v) is 6.08. The number of nitrogens with one attached hydrogen (secondary N) is 1. The van der Waals surface area contributed by atoms with Crippen LogP contribution in [0.4, 0.5) is 0 Å². The van der Waals surface area contributed by atoms with E-state index in [1.54, 1.807) is 23.5 Å². The van der Waals surface area contributed by atoms with Crippen molar-refractivity contribution in [2.75, 3.05) is 18.1 Å². The number of amides is 2. The molecule has 1 fully saturated rings. The average molecular weight is 532 g/mol. The summed E-state index contributed by atoms with van der Waals surface area (Å²) in [4.78, 5) is 26.9. The number of thioether (sulfide) groups is 2. The van der Waals surface area contributed by atoms with Crippen LogP contribution in [0, 0.1) is 0 Å². The van der Waals surface area contributed by atoms with Gasteiger partial charge in [-0.2, -0.15) is 11.8 Å². The maximum atomic E-state index is 12.5. The summed E-state index contributed by atoms with van der Waals surface area (Å²) in [6, 6.07) is 22.9. The summed E-state index contributed by atoms with van der Waals surface area (Å²) in [5.74, 6) is 2.08. The molecule has 1 N–H and O–H groups in total. The molecule has 0 saturated carbocycles. The van der Waals surface area contributed by atoms with Crippen LogP contribution in [-0.2, 0) is 17.1 Å². The topological polar surface area (TPSA) is 49.4 Å². The quantitative estimate of drug-likeness (QED) is 0.324. The summed E-state index contributed by atoms with van der Waals surface area (Å²) in [6.45, 7) is 1.11. The number of carbonyl (C=O) groups excluding carboxylic acids is 2. The second-order valence-electron chi connectivity index (χ2n) is 7.83. The first-order valence-corrected chi connectivity index (χ1v) is 13.8. The molecule has 1 aliphatic rings. The van der Waals surface area contributed by atoms with Gasteiger partial charge in [0.05, 0.1) is 5.75 Å². The molecule has 2 amide bonds. The number of halogens is 2. The molecule has 4 nitrogen and oxygen atoms in total. The molecular weight excluding hydrogens is 507 g/mol. The van der Waals surface area contributed by atoms with E-state index in [-0.39, 0.29) is 17.2 Å². The molecule has 0 aromatic heterocycles. The van der Waals surface area contributed by atoms with E-state index in [4.69, 9.17) is 23.2 Å². The minimum absolute atomic E-state index is 0.0681. The van der Waals surface area contributed by atoms with Gasteiger partial charge in [-0.05, 0) is 47.0 Å². The van der Waals surface area contributed by atoms with Crippen LogP contribution in [0.25, 0.3) is 0 Å². The monoisotopic (exact) mass is 530 g/mol. The lowest BCUT2D eigenvalue weighted by molar-refractivity contribution is -0.128. The third kappa shape index (κ3) is 6.51. The summed E-state index contributed by atoms with van der Waals surface area (Å²) in [6.07, 6.45) is 0. The Morgan fingerprint density at radius 3 is 2.50 bits per heavy atom. The molecule has 8 heteroatoms. The standard InChI is InChI=1S/C26H24Cl2N2O2S2/c27-22-11-5-18(6-12-22)15-30-24(31)17-34-26(30)20-9-7-19(8-10-20)25(32)29-13-14-33-16-21-3-1-2-4-23(21)28/h1-12,26H,13-17H2,(H,29,32)/t26-/m1/s1. The van der Waals surface area contributed by atoms with Gasteiger partial charge in [-0.25, -0.2) is 0 Å². The highest BCUT2D eigenvalue weighted by Crippen LogP contribution is 2.39. The Kier molecular flexibility index (Phi) is 8.84. The molecule has 0 aliphatic carbocycles. The molecule has 3 aromatic rings. The Hall–Kier alpha value is -2.12. The zero-order valence-corrected chi connectivity index (χ0v) is 21.5. The van der Waals surface area contributed by atoms with Crippen molar-refractivity contribution in [3.8, 4) is 0 Å². The van der Waals surface area contributed by atoms with Crippen molar-refractivity contribution in [1.82, 2.24) is 10.2 Å². The van der Waals surface area contributed by atoms with Crippen LogP contribution in [-0.4, -0.2) is 34.8 Å². The van der Waals surface area contributed by atoms with E-state index in [9.17, 15) is 9.59 Å². The lowest BCUT2D eigenvalue weighted by atomic mass is 10.1. The lowest BCUT2D eigenvalue weighted by Crippen LogP contribution is -2.28. The van der Waals surface area contributed by atoms with E-state index in [0.717, 1.165) is 33.2 Å². The molecule has 4 rings (SSSR count). The first-order chi connectivity index (χ1) is 16.5. The Labute approximate surface area is 218 Å². The average Bonchev–Trinajstić information content (AvgIpc) is 3.21. The van der Waals surface area contributed by atoms with Gasteiger partial charge in [0.15, 0.2) is 0 Å². The van der Waals surface area contributed by atoms with E-state index >= 15 is 0 Å². The molecule has 3 aromatic carbocycles. The number of nitrogens with zero attached hydrogens (tertiary/aromatic N) is 1. The molecule has 0 bridgehead atoms. The summed E-state index contributed by atoms with van der Waals surface area (Å²) >= 11 is 15.5. The number of rotatable bonds is 9. The summed E-state index contributed by atoms with van der Waals surface area (Å²) in [5.41, 5.74) is 3.76. The van der Waals surface area contributed by atoms with E-state index < -0.39 is 0 Å². The van der Waals surface area contributed by atoms with Crippen molar-refractivity contribution in [3.63, 3.8) is 0 Å². The molecular formula is C26H24Cl2N2O2S2. The van der Waals surface area contributed by atoms with Crippen molar-refractivity contribution in [3.05, 3.63) is 105 Å². The van der Waals surface area contributed by atoms with Gasteiger partial charge < -0.3 is 10.2 Å². The largest absolute Gasteiger partial charge is 0.351 e. The minimum atomic E-state index is -0.0990. The molecule has 1 heterocycles. The first kappa shape index (κ1) is 25.0. The predicted octanol–water partition coefficient (Wildman–Crippen LogP) is 6.43. The van der Waals surface area contributed by atoms with Crippen LogP contribution in [0.3, 0.4) is 0 Å². The molecule has 1 aliphatic heterocycles. The Morgan fingerprint density at radius 2 is 1.76 bits per heavy atom. The van der Waals surface area contributed by atoms with Crippen molar-refractivity contribution in [2.45, 2.75) is 17.7 Å². The third-order valence-electron chi connectivity index (χ3n) is 5.44. The first-order valence-electron chi connectivity index (χ1n) is 10.9. The molecule has 34 heavy (non-hydrogen) atoms. The number of carbonyl (C=O) groups is 2. The second kappa shape index (κ2) is 12.0. The number of hydrogen-bond donors (Lipinski definition) is 1. The van der Waals surface area contributed by atoms with Gasteiger partial charge in [-0.3, -0.25) is 9.59 Å². The smallest absolute Gasteiger partial charge is 0.251 e. The summed E-state index contributed by atoms with van der Waals surface area (Å²) in [5, 5.41) is 4.35. The SMILES string of the molecule is O=C(NCCSCc1ccccc1Cl)c1ccc([C@H]2SCC(=O)N2Cc2ccc(Cl)cc2)cc1. The molecule has 1 saturated heterocycles. The molecule has 0 radical (unpaired) electrons. The molecule has 176 valence electrons. The van der Waals surface area contributed by atoms with Gasteiger partial charge in [0.25, 0.3) is 5.91 Å². The van der Waals surface area contributed by atoms with Crippen LogP contribution in [0.2, 0.25) is 10.0 Å². The Morgan fingerprint density at radius 1 is 1.03 bits per heavy atom. The highest BCUT2D eigenvalue weighted by molar-refractivity contribution is 8.00. The van der Waals surface area contributed by atoms with Crippen LogP contribution >= 0.6 is 46.7 Å². The van der Waals surface area contributed by atoms with Gasteiger partial charge >= 0.3 is 0 Å². The predicted molar refractivity (Wildman–Crippen MR) is 144 cm³/mol. The summed E-state index contributed by atoms with van der Waals surface area (Å²) in [7, 11) is 0. The van der Waals surface area contributed by atoms with Crippen molar-refractivity contribution < 1.29 is 9.59 Å². The molecule has 0 spiro atoms. The fourth-order valence-electron chi connectivity index (χ4n) is 3.62. The Balaban J connectivity index is 1.28. The summed E-state index contributed by atoms with van der Waals surface area (Å²) < 4.78 is 0. The third-order valence-corrected chi connectivity index (χ3v) is 8.32.